The molecule has 1 atom stereocenters. The highest BCUT2D eigenvalue weighted by Gasteiger charge is 2.22. The molecular formula is C14H21N5. The summed E-state index contributed by atoms with van der Waals surface area (Å²) in [6, 6.07) is 4.45. The molecule has 1 saturated heterocycles. The standard InChI is InChI=1S/C14H21N5/c1-4-12(3)18-5-7-19(8-6-18)14-16-11(2)9-13(10-15)17-14/h9,12H,4-8H2,1-3H3. The van der Waals surface area contributed by atoms with Crippen LogP contribution in [0, 0.1) is 18.3 Å². The van der Waals surface area contributed by atoms with Crippen molar-refractivity contribution in [3.8, 4) is 6.07 Å². The Balaban J connectivity index is 2.06. The summed E-state index contributed by atoms with van der Waals surface area (Å²) >= 11 is 0. The average molecular weight is 259 g/mol. The number of hydrogen-bond donors (Lipinski definition) is 0. The van der Waals surface area contributed by atoms with Gasteiger partial charge in [0.1, 0.15) is 11.8 Å². The minimum atomic E-state index is 0.451. The summed E-state index contributed by atoms with van der Waals surface area (Å²) in [4.78, 5) is 13.4. The van der Waals surface area contributed by atoms with E-state index in [2.05, 4.69) is 39.7 Å². The van der Waals surface area contributed by atoms with Gasteiger partial charge in [-0.1, -0.05) is 6.92 Å². The zero-order valence-corrected chi connectivity index (χ0v) is 11.9. The van der Waals surface area contributed by atoms with Crippen LogP contribution in [0.25, 0.3) is 0 Å². The minimum Gasteiger partial charge on any atom is -0.338 e. The Hall–Kier alpha value is -1.67. The van der Waals surface area contributed by atoms with E-state index >= 15 is 0 Å². The Morgan fingerprint density at radius 1 is 1.32 bits per heavy atom. The second-order valence-electron chi connectivity index (χ2n) is 5.09. The van der Waals surface area contributed by atoms with Crippen molar-refractivity contribution < 1.29 is 0 Å². The van der Waals surface area contributed by atoms with Crippen molar-refractivity contribution in [2.75, 3.05) is 31.1 Å². The highest BCUT2D eigenvalue weighted by atomic mass is 15.3. The first-order valence-electron chi connectivity index (χ1n) is 6.88. The number of nitriles is 1. The molecule has 5 nitrogen and oxygen atoms in total. The average Bonchev–Trinajstić information content (AvgIpc) is 2.46. The lowest BCUT2D eigenvalue weighted by atomic mass is 10.2. The van der Waals surface area contributed by atoms with Gasteiger partial charge >= 0.3 is 0 Å². The summed E-state index contributed by atoms with van der Waals surface area (Å²) in [5.74, 6) is 0.695. The van der Waals surface area contributed by atoms with E-state index in [0.717, 1.165) is 31.9 Å². The first-order valence-corrected chi connectivity index (χ1v) is 6.88. The van der Waals surface area contributed by atoms with Crippen molar-refractivity contribution in [2.45, 2.75) is 33.2 Å². The van der Waals surface area contributed by atoms with Crippen LogP contribution in [0.1, 0.15) is 31.7 Å². The lowest BCUT2D eigenvalue weighted by Gasteiger charge is -2.37. The number of aryl methyl sites for hydroxylation is 1. The fraction of sp³-hybridized carbons (Fsp3) is 0.643. The third-order valence-electron chi connectivity index (χ3n) is 3.77. The maximum absolute atomic E-state index is 8.96. The summed E-state index contributed by atoms with van der Waals surface area (Å²) in [6.07, 6.45) is 1.18. The van der Waals surface area contributed by atoms with Crippen LogP contribution < -0.4 is 4.90 Å². The van der Waals surface area contributed by atoms with Gasteiger partial charge in [-0.2, -0.15) is 5.26 Å². The van der Waals surface area contributed by atoms with Crippen molar-refractivity contribution in [3.63, 3.8) is 0 Å². The highest BCUT2D eigenvalue weighted by Crippen LogP contribution is 2.15. The minimum absolute atomic E-state index is 0.451. The van der Waals surface area contributed by atoms with Gasteiger partial charge in [-0.25, -0.2) is 9.97 Å². The number of rotatable bonds is 3. The Bertz CT molecular complexity index is 471. The van der Waals surface area contributed by atoms with E-state index in [-0.39, 0.29) is 0 Å². The Morgan fingerprint density at radius 2 is 2.00 bits per heavy atom. The lowest BCUT2D eigenvalue weighted by molar-refractivity contribution is 0.192. The Morgan fingerprint density at radius 3 is 2.58 bits per heavy atom. The van der Waals surface area contributed by atoms with Gasteiger partial charge in [0.15, 0.2) is 0 Å². The number of anilines is 1. The normalized spacial score (nSPS) is 18.1. The van der Waals surface area contributed by atoms with E-state index < -0.39 is 0 Å². The van der Waals surface area contributed by atoms with Gasteiger partial charge in [-0.3, -0.25) is 4.90 Å². The predicted molar refractivity (Wildman–Crippen MR) is 75.0 cm³/mol. The van der Waals surface area contributed by atoms with Crippen LogP contribution in [0.3, 0.4) is 0 Å². The summed E-state index contributed by atoms with van der Waals surface area (Å²) in [5, 5.41) is 8.96. The molecule has 0 aromatic carbocycles. The molecule has 1 unspecified atom stereocenters. The zero-order chi connectivity index (χ0) is 13.8. The van der Waals surface area contributed by atoms with Gasteiger partial charge in [0.05, 0.1) is 0 Å². The van der Waals surface area contributed by atoms with Gasteiger partial charge in [0.2, 0.25) is 5.95 Å². The van der Waals surface area contributed by atoms with Crippen molar-refractivity contribution in [1.82, 2.24) is 14.9 Å². The van der Waals surface area contributed by atoms with Gasteiger partial charge < -0.3 is 4.90 Å². The molecule has 2 heterocycles. The van der Waals surface area contributed by atoms with E-state index in [4.69, 9.17) is 5.26 Å². The first-order chi connectivity index (χ1) is 9.13. The maximum Gasteiger partial charge on any atom is 0.226 e. The lowest BCUT2D eigenvalue weighted by Crippen LogP contribution is -2.50. The van der Waals surface area contributed by atoms with Crippen molar-refractivity contribution in [2.24, 2.45) is 0 Å². The maximum atomic E-state index is 8.96. The molecule has 0 amide bonds. The number of piperazine rings is 1. The SMILES string of the molecule is CCC(C)N1CCN(c2nc(C)cc(C#N)n2)CC1. The molecule has 1 aromatic heterocycles. The monoisotopic (exact) mass is 259 g/mol. The topological polar surface area (TPSA) is 56.0 Å². The second kappa shape index (κ2) is 5.98. The Kier molecular flexibility index (Phi) is 4.33. The smallest absolute Gasteiger partial charge is 0.226 e. The molecule has 102 valence electrons. The van der Waals surface area contributed by atoms with Crippen LogP contribution in [-0.2, 0) is 0 Å². The van der Waals surface area contributed by atoms with Gasteiger partial charge in [0, 0.05) is 37.9 Å². The molecule has 0 aliphatic carbocycles. The quantitative estimate of drug-likeness (QED) is 0.825. The van der Waals surface area contributed by atoms with Gasteiger partial charge in [-0.05, 0) is 26.3 Å². The first kappa shape index (κ1) is 13.8. The van der Waals surface area contributed by atoms with Crippen LogP contribution in [0.4, 0.5) is 5.95 Å². The van der Waals surface area contributed by atoms with E-state index in [0.29, 0.717) is 17.7 Å². The zero-order valence-electron chi connectivity index (χ0n) is 11.9. The van der Waals surface area contributed by atoms with E-state index in [1.54, 1.807) is 6.07 Å². The molecule has 1 aromatic rings. The summed E-state index contributed by atoms with van der Waals surface area (Å²) in [7, 11) is 0. The largest absolute Gasteiger partial charge is 0.338 e. The molecule has 0 bridgehead atoms. The third kappa shape index (κ3) is 3.21. The molecule has 1 aliphatic rings. The molecule has 1 fully saturated rings. The highest BCUT2D eigenvalue weighted by molar-refractivity contribution is 5.36. The summed E-state index contributed by atoms with van der Waals surface area (Å²) in [5.41, 5.74) is 1.30. The predicted octanol–water partition coefficient (Wildman–Crippen LogP) is 1.58. The van der Waals surface area contributed by atoms with Crippen molar-refractivity contribution >= 4 is 5.95 Å². The molecule has 19 heavy (non-hydrogen) atoms. The fourth-order valence-electron chi connectivity index (χ4n) is 2.37. The van der Waals surface area contributed by atoms with Crippen molar-refractivity contribution in [3.05, 3.63) is 17.5 Å². The molecule has 0 radical (unpaired) electrons. The second-order valence-corrected chi connectivity index (χ2v) is 5.09. The summed E-state index contributed by atoms with van der Waals surface area (Å²) < 4.78 is 0. The molecule has 0 N–H and O–H groups in total. The van der Waals surface area contributed by atoms with Crippen LogP contribution >= 0.6 is 0 Å². The molecule has 1 aliphatic heterocycles. The third-order valence-corrected chi connectivity index (χ3v) is 3.77. The van der Waals surface area contributed by atoms with E-state index in [1.165, 1.54) is 6.42 Å². The number of aromatic nitrogens is 2. The molecular weight excluding hydrogens is 238 g/mol. The molecule has 0 saturated carbocycles. The summed E-state index contributed by atoms with van der Waals surface area (Å²) in [6.45, 7) is 10.3. The van der Waals surface area contributed by atoms with Crippen LogP contribution in [-0.4, -0.2) is 47.1 Å². The van der Waals surface area contributed by atoms with Crippen LogP contribution in [0.5, 0.6) is 0 Å². The van der Waals surface area contributed by atoms with Crippen LogP contribution in [0.2, 0.25) is 0 Å². The number of nitrogens with zero attached hydrogens (tertiary/aromatic N) is 5. The fourth-order valence-corrected chi connectivity index (χ4v) is 2.37. The molecule has 0 spiro atoms. The Labute approximate surface area is 114 Å². The van der Waals surface area contributed by atoms with Crippen molar-refractivity contribution in [1.29, 1.82) is 5.26 Å². The van der Waals surface area contributed by atoms with Gasteiger partial charge in [-0.15, -0.1) is 0 Å². The van der Waals surface area contributed by atoms with E-state index in [1.807, 2.05) is 6.92 Å². The van der Waals surface area contributed by atoms with E-state index in [9.17, 15) is 0 Å². The number of hydrogen-bond acceptors (Lipinski definition) is 5. The molecule has 5 heteroatoms. The van der Waals surface area contributed by atoms with Gasteiger partial charge in [0.25, 0.3) is 0 Å². The van der Waals surface area contributed by atoms with Crippen LogP contribution in [0.15, 0.2) is 6.07 Å². The molecule has 2 rings (SSSR count).